The molecule has 6 nitrogen and oxygen atoms in total. The van der Waals surface area contributed by atoms with Crippen molar-refractivity contribution in [2.75, 3.05) is 33.2 Å². The van der Waals surface area contributed by atoms with E-state index in [2.05, 4.69) is 22.7 Å². The van der Waals surface area contributed by atoms with Gasteiger partial charge in [0, 0.05) is 5.56 Å². The molecule has 0 spiro atoms. The van der Waals surface area contributed by atoms with Gasteiger partial charge in [0.05, 0.1) is 38.9 Å². The van der Waals surface area contributed by atoms with Crippen molar-refractivity contribution in [1.82, 2.24) is 20.6 Å². The van der Waals surface area contributed by atoms with Crippen LogP contribution in [-0.4, -0.2) is 54.3 Å². The predicted octanol–water partition coefficient (Wildman–Crippen LogP) is -0.448. The summed E-state index contributed by atoms with van der Waals surface area (Å²) in [5, 5.41) is 8.98. The zero-order valence-electron chi connectivity index (χ0n) is 12.1. The lowest BCUT2D eigenvalue weighted by molar-refractivity contribution is -0.884. The van der Waals surface area contributed by atoms with E-state index in [0.29, 0.717) is 5.69 Å². The molecule has 1 fully saturated rings. The molecule has 2 aromatic rings. The first kappa shape index (κ1) is 13.8. The fourth-order valence-corrected chi connectivity index (χ4v) is 2.40. The Bertz CT molecular complexity index is 602. The van der Waals surface area contributed by atoms with E-state index in [-0.39, 0.29) is 5.91 Å². The molecule has 3 N–H and O–H groups in total. The third kappa shape index (κ3) is 3.29. The van der Waals surface area contributed by atoms with Crippen LogP contribution in [-0.2, 0) is 0 Å². The van der Waals surface area contributed by atoms with E-state index in [1.54, 1.807) is 6.07 Å². The molecule has 1 aliphatic heterocycles. The molecule has 1 amide bonds. The topological polar surface area (TPSA) is 65.5 Å². The zero-order valence-corrected chi connectivity index (χ0v) is 12.1. The summed E-state index contributed by atoms with van der Waals surface area (Å²) in [5.74, 6) is -0.135. The van der Waals surface area contributed by atoms with Crippen LogP contribution >= 0.6 is 0 Å². The number of amides is 1. The van der Waals surface area contributed by atoms with Crippen molar-refractivity contribution in [3.63, 3.8) is 0 Å². The van der Waals surface area contributed by atoms with Gasteiger partial charge in [0.1, 0.15) is 5.69 Å². The predicted molar refractivity (Wildman–Crippen MR) is 79.7 cm³/mol. The fourth-order valence-electron chi connectivity index (χ4n) is 2.40. The van der Waals surface area contributed by atoms with Crippen molar-refractivity contribution in [2.24, 2.45) is 0 Å². The maximum atomic E-state index is 12.2. The number of likely N-dealkylation sites (N-methyl/N-ethyl adjacent to an activating group) is 1. The number of nitrogens with one attached hydrogen (secondary N) is 3. The van der Waals surface area contributed by atoms with E-state index < -0.39 is 0 Å². The van der Waals surface area contributed by atoms with E-state index >= 15 is 0 Å². The number of hydrogen-bond acceptors (Lipinski definition) is 3. The molecule has 2 heterocycles. The van der Waals surface area contributed by atoms with E-state index in [0.717, 1.165) is 37.4 Å². The van der Waals surface area contributed by atoms with Gasteiger partial charge in [0.2, 0.25) is 0 Å². The summed E-state index contributed by atoms with van der Waals surface area (Å²) in [7, 11) is 2.17. The van der Waals surface area contributed by atoms with Crippen molar-refractivity contribution in [1.29, 1.82) is 0 Å². The maximum absolute atomic E-state index is 12.2. The number of hydrazine groups is 1. The smallest absolute Gasteiger partial charge is 0.283 e. The Labute approximate surface area is 123 Å². The van der Waals surface area contributed by atoms with Crippen LogP contribution in [0.2, 0.25) is 0 Å². The first-order chi connectivity index (χ1) is 10.2. The highest BCUT2D eigenvalue weighted by molar-refractivity contribution is 5.93. The minimum Gasteiger partial charge on any atom is -0.335 e. The number of hydrogen-bond donors (Lipinski definition) is 3. The van der Waals surface area contributed by atoms with Gasteiger partial charge in [0.25, 0.3) is 5.91 Å². The van der Waals surface area contributed by atoms with Crippen molar-refractivity contribution in [2.45, 2.75) is 0 Å². The molecule has 0 aliphatic carbocycles. The van der Waals surface area contributed by atoms with Gasteiger partial charge in [-0.3, -0.25) is 15.3 Å². The van der Waals surface area contributed by atoms with Crippen LogP contribution in [0.15, 0.2) is 36.4 Å². The van der Waals surface area contributed by atoms with Crippen LogP contribution in [0.3, 0.4) is 0 Å². The summed E-state index contributed by atoms with van der Waals surface area (Å²) >= 11 is 0. The van der Waals surface area contributed by atoms with Gasteiger partial charge in [-0.25, -0.2) is 5.01 Å². The number of aromatic amines is 1. The molecule has 6 heteroatoms. The lowest BCUT2D eigenvalue weighted by Gasteiger charge is -2.29. The summed E-state index contributed by atoms with van der Waals surface area (Å²) in [6.45, 7) is 3.82. The number of carbonyl (C=O) groups excluding carboxylic acids is 1. The minimum atomic E-state index is -0.135. The van der Waals surface area contributed by atoms with Crippen LogP contribution in [0.1, 0.15) is 10.5 Å². The molecule has 0 bridgehead atoms. The SMILES string of the molecule is C[NH+]1CCN(NC(=O)c2cc(-c3ccccc3)n[nH]2)CC1. The third-order valence-electron chi connectivity index (χ3n) is 3.77. The lowest BCUT2D eigenvalue weighted by atomic mass is 10.1. The highest BCUT2D eigenvalue weighted by Crippen LogP contribution is 2.16. The number of quaternary nitrogens is 1. The lowest BCUT2D eigenvalue weighted by Crippen LogP contribution is -3.12. The van der Waals surface area contributed by atoms with Gasteiger partial charge in [-0.2, -0.15) is 5.10 Å². The van der Waals surface area contributed by atoms with Crippen molar-refractivity contribution in [3.8, 4) is 11.3 Å². The second-order valence-corrected chi connectivity index (χ2v) is 5.42. The standard InChI is InChI=1S/C15H19N5O/c1-19-7-9-20(10-8-19)18-15(21)14-11-13(16-17-14)12-5-3-2-4-6-12/h2-6,11H,7-10H2,1H3,(H,16,17)(H,18,21)/p+1. The quantitative estimate of drug-likeness (QED) is 0.716. The first-order valence-corrected chi connectivity index (χ1v) is 7.20. The van der Waals surface area contributed by atoms with Gasteiger partial charge in [-0.05, 0) is 6.07 Å². The first-order valence-electron chi connectivity index (χ1n) is 7.20. The van der Waals surface area contributed by atoms with E-state index in [4.69, 9.17) is 0 Å². The Morgan fingerprint density at radius 1 is 1.29 bits per heavy atom. The molecule has 0 unspecified atom stereocenters. The van der Waals surface area contributed by atoms with Crippen molar-refractivity contribution >= 4 is 5.91 Å². The van der Waals surface area contributed by atoms with Gasteiger partial charge in [0.15, 0.2) is 0 Å². The zero-order chi connectivity index (χ0) is 14.7. The number of carbonyl (C=O) groups is 1. The van der Waals surface area contributed by atoms with E-state index in [9.17, 15) is 4.79 Å². The molecule has 0 saturated carbocycles. The Balaban J connectivity index is 1.64. The molecule has 1 aliphatic rings. The van der Waals surface area contributed by atoms with Crippen LogP contribution < -0.4 is 10.3 Å². The van der Waals surface area contributed by atoms with Crippen LogP contribution in [0.4, 0.5) is 0 Å². The van der Waals surface area contributed by atoms with Crippen molar-refractivity contribution in [3.05, 3.63) is 42.1 Å². The number of piperazine rings is 1. The van der Waals surface area contributed by atoms with Crippen molar-refractivity contribution < 1.29 is 9.69 Å². The molecular weight excluding hydrogens is 266 g/mol. The fraction of sp³-hybridized carbons (Fsp3) is 0.333. The highest BCUT2D eigenvalue weighted by atomic mass is 16.2. The summed E-state index contributed by atoms with van der Waals surface area (Å²) in [6, 6.07) is 11.6. The molecule has 1 aromatic heterocycles. The summed E-state index contributed by atoms with van der Waals surface area (Å²) in [6.07, 6.45) is 0. The van der Waals surface area contributed by atoms with Crippen LogP contribution in [0.25, 0.3) is 11.3 Å². The largest absolute Gasteiger partial charge is 0.335 e. The second-order valence-electron chi connectivity index (χ2n) is 5.42. The van der Waals surface area contributed by atoms with Gasteiger partial charge < -0.3 is 4.90 Å². The summed E-state index contributed by atoms with van der Waals surface area (Å²) < 4.78 is 0. The number of nitrogens with zero attached hydrogens (tertiary/aromatic N) is 2. The van der Waals surface area contributed by atoms with Gasteiger partial charge in [-0.1, -0.05) is 30.3 Å². The van der Waals surface area contributed by atoms with Crippen LogP contribution in [0.5, 0.6) is 0 Å². The average molecular weight is 286 g/mol. The Morgan fingerprint density at radius 3 is 2.71 bits per heavy atom. The maximum Gasteiger partial charge on any atom is 0.283 e. The molecule has 3 rings (SSSR count). The minimum absolute atomic E-state index is 0.135. The molecule has 0 atom stereocenters. The molecule has 21 heavy (non-hydrogen) atoms. The van der Waals surface area contributed by atoms with Gasteiger partial charge >= 0.3 is 0 Å². The molecule has 1 saturated heterocycles. The van der Waals surface area contributed by atoms with E-state index in [1.807, 2.05) is 35.3 Å². The average Bonchev–Trinajstić information content (AvgIpc) is 3.00. The molecule has 0 radical (unpaired) electrons. The molecular formula is C15H20N5O+. The Morgan fingerprint density at radius 2 is 2.00 bits per heavy atom. The molecule has 110 valence electrons. The van der Waals surface area contributed by atoms with E-state index in [1.165, 1.54) is 4.90 Å². The normalized spacial score (nSPS) is 16.8. The number of rotatable bonds is 3. The Kier molecular flexibility index (Phi) is 3.98. The molecule has 1 aromatic carbocycles. The highest BCUT2D eigenvalue weighted by Gasteiger charge is 2.19. The number of H-pyrrole nitrogens is 1. The van der Waals surface area contributed by atoms with Crippen LogP contribution in [0, 0.1) is 0 Å². The second kappa shape index (κ2) is 6.07. The Hall–Kier alpha value is -2.18. The number of benzene rings is 1. The monoisotopic (exact) mass is 286 g/mol. The summed E-state index contributed by atoms with van der Waals surface area (Å²) in [4.78, 5) is 13.7. The summed E-state index contributed by atoms with van der Waals surface area (Å²) in [5.41, 5.74) is 5.19. The van der Waals surface area contributed by atoms with Gasteiger partial charge in [-0.15, -0.1) is 0 Å². The number of aromatic nitrogens is 2. The third-order valence-corrected chi connectivity index (χ3v) is 3.77.